The van der Waals surface area contributed by atoms with Gasteiger partial charge in [0.15, 0.2) is 5.16 Å². The van der Waals surface area contributed by atoms with Crippen LogP contribution < -0.4 is 5.32 Å². The summed E-state index contributed by atoms with van der Waals surface area (Å²) in [7, 11) is 1.90. The van der Waals surface area contributed by atoms with Gasteiger partial charge in [-0.1, -0.05) is 11.8 Å². The van der Waals surface area contributed by atoms with Gasteiger partial charge < -0.3 is 14.3 Å². The van der Waals surface area contributed by atoms with Crippen molar-refractivity contribution in [1.82, 2.24) is 14.9 Å². The zero-order valence-corrected chi connectivity index (χ0v) is 12.0. The summed E-state index contributed by atoms with van der Waals surface area (Å²) in [5.41, 5.74) is 0. The molecule has 0 fully saturated rings. The number of rotatable bonds is 5. The average Bonchev–Trinajstić information content (AvgIpc) is 2.95. The van der Waals surface area contributed by atoms with Gasteiger partial charge in [0, 0.05) is 19.4 Å². The van der Waals surface area contributed by atoms with Gasteiger partial charge in [0.05, 0.1) is 11.8 Å². The Labute approximate surface area is 116 Å². The molecule has 2 heterocycles. The van der Waals surface area contributed by atoms with Crippen LogP contribution >= 0.6 is 11.8 Å². The molecule has 6 heteroatoms. The zero-order valence-electron chi connectivity index (χ0n) is 11.2. The van der Waals surface area contributed by atoms with E-state index in [1.807, 2.05) is 43.8 Å². The van der Waals surface area contributed by atoms with Crippen LogP contribution in [0.1, 0.15) is 24.5 Å². The lowest BCUT2D eigenvalue weighted by Gasteiger charge is -2.11. The van der Waals surface area contributed by atoms with E-state index in [4.69, 9.17) is 4.42 Å². The molecule has 19 heavy (non-hydrogen) atoms. The van der Waals surface area contributed by atoms with E-state index >= 15 is 0 Å². The Bertz CT molecular complexity index is 562. The standard InChI is InChI=1S/C13H17N3O2S/c1-9-4-5-11(18-9)10(2)15-12(17)8-19-13-14-6-7-16(13)3/h4-7,10H,8H2,1-3H3,(H,15,17)/t10-/m0/s1. The van der Waals surface area contributed by atoms with Gasteiger partial charge in [0.25, 0.3) is 0 Å². The summed E-state index contributed by atoms with van der Waals surface area (Å²) in [6.45, 7) is 3.79. The number of hydrogen-bond donors (Lipinski definition) is 1. The van der Waals surface area contributed by atoms with Gasteiger partial charge >= 0.3 is 0 Å². The normalized spacial score (nSPS) is 12.4. The van der Waals surface area contributed by atoms with Gasteiger partial charge in [-0.05, 0) is 26.0 Å². The highest BCUT2D eigenvalue weighted by Gasteiger charge is 2.13. The van der Waals surface area contributed by atoms with E-state index in [1.165, 1.54) is 11.8 Å². The fourth-order valence-electron chi connectivity index (χ4n) is 1.66. The maximum absolute atomic E-state index is 11.8. The molecule has 0 radical (unpaired) electrons. The summed E-state index contributed by atoms with van der Waals surface area (Å²) >= 11 is 1.41. The van der Waals surface area contributed by atoms with Crippen molar-refractivity contribution >= 4 is 17.7 Å². The quantitative estimate of drug-likeness (QED) is 0.853. The van der Waals surface area contributed by atoms with E-state index in [0.29, 0.717) is 5.75 Å². The van der Waals surface area contributed by atoms with E-state index in [9.17, 15) is 4.79 Å². The van der Waals surface area contributed by atoms with Crippen molar-refractivity contribution in [2.45, 2.75) is 25.0 Å². The molecule has 1 N–H and O–H groups in total. The topological polar surface area (TPSA) is 60.1 Å². The smallest absolute Gasteiger partial charge is 0.231 e. The monoisotopic (exact) mass is 279 g/mol. The lowest BCUT2D eigenvalue weighted by molar-refractivity contribution is -0.119. The molecule has 2 rings (SSSR count). The third-order valence-corrected chi connectivity index (χ3v) is 3.73. The molecular formula is C13H17N3O2S. The molecule has 102 valence electrons. The van der Waals surface area contributed by atoms with Crippen LogP contribution in [0, 0.1) is 6.92 Å². The Kier molecular flexibility index (Phi) is 4.31. The molecule has 0 unspecified atom stereocenters. The summed E-state index contributed by atoms with van der Waals surface area (Å²) in [6, 6.07) is 3.65. The van der Waals surface area contributed by atoms with Crippen LogP contribution in [0.2, 0.25) is 0 Å². The number of carbonyl (C=O) groups excluding carboxylic acids is 1. The van der Waals surface area contributed by atoms with Crippen molar-refractivity contribution in [2.75, 3.05) is 5.75 Å². The number of hydrogen-bond acceptors (Lipinski definition) is 4. The van der Waals surface area contributed by atoms with Crippen molar-refractivity contribution in [2.24, 2.45) is 7.05 Å². The minimum atomic E-state index is -0.122. The first kappa shape index (κ1) is 13.7. The maximum atomic E-state index is 11.8. The van der Waals surface area contributed by atoms with Crippen LogP contribution in [0.3, 0.4) is 0 Å². The highest BCUT2D eigenvalue weighted by Crippen LogP contribution is 2.17. The summed E-state index contributed by atoms with van der Waals surface area (Å²) in [5, 5.41) is 3.73. The first-order valence-corrected chi connectivity index (χ1v) is 7.00. The van der Waals surface area contributed by atoms with E-state index in [1.54, 1.807) is 6.20 Å². The maximum Gasteiger partial charge on any atom is 0.231 e. The Morgan fingerprint density at radius 1 is 1.58 bits per heavy atom. The molecule has 0 bridgehead atoms. The molecule has 5 nitrogen and oxygen atoms in total. The summed E-state index contributed by atoms with van der Waals surface area (Å²) < 4.78 is 7.36. The third kappa shape index (κ3) is 3.64. The molecule has 0 saturated carbocycles. The van der Waals surface area contributed by atoms with E-state index in [2.05, 4.69) is 10.3 Å². The molecule has 1 amide bonds. The largest absolute Gasteiger partial charge is 0.464 e. The fourth-order valence-corrected chi connectivity index (χ4v) is 2.40. The minimum Gasteiger partial charge on any atom is -0.464 e. The zero-order chi connectivity index (χ0) is 13.8. The highest BCUT2D eigenvalue weighted by molar-refractivity contribution is 7.99. The first-order valence-electron chi connectivity index (χ1n) is 6.02. The number of aryl methyl sites for hydroxylation is 2. The number of nitrogens with zero attached hydrogens (tertiary/aromatic N) is 2. The average molecular weight is 279 g/mol. The van der Waals surface area contributed by atoms with Gasteiger partial charge in [-0.3, -0.25) is 4.79 Å². The predicted octanol–water partition coefficient (Wildman–Crippen LogP) is 2.29. The number of furan rings is 1. The molecule has 0 aliphatic heterocycles. The van der Waals surface area contributed by atoms with Crippen LogP contribution in [0.15, 0.2) is 34.1 Å². The summed E-state index contributed by atoms with van der Waals surface area (Å²) in [5.74, 6) is 1.93. The minimum absolute atomic E-state index is 0.0328. The third-order valence-electron chi connectivity index (χ3n) is 2.67. The fraction of sp³-hybridized carbons (Fsp3) is 0.385. The van der Waals surface area contributed by atoms with Crippen molar-refractivity contribution in [3.05, 3.63) is 36.0 Å². The number of aromatic nitrogens is 2. The SMILES string of the molecule is Cc1ccc([C@H](C)NC(=O)CSc2nccn2C)o1. The predicted molar refractivity (Wildman–Crippen MR) is 73.9 cm³/mol. The molecular weight excluding hydrogens is 262 g/mol. The molecule has 2 aromatic heterocycles. The summed E-state index contributed by atoms with van der Waals surface area (Å²) in [4.78, 5) is 16.0. The molecule has 1 atom stereocenters. The number of amides is 1. The van der Waals surface area contributed by atoms with Crippen molar-refractivity contribution in [3.63, 3.8) is 0 Å². The van der Waals surface area contributed by atoms with Gasteiger partial charge in [-0.25, -0.2) is 4.98 Å². The Balaban J connectivity index is 1.83. The van der Waals surface area contributed by atoms with E-state index in [-0.39, 0.29) is 11.9 Å². The van der Waals surface area contributed by atoms with Crippen molar-refractivity contribution in [1.29, 1.82) is 0 Å². The molecule has 0 aromatic carbocycles. The second-order valence-electron chi connectivity index (χ2n) is 4.35. The van der Waals surface area contributed by atoms with Gasteiger partial charge in [0.2, 0.25) is 5.91 Å². The van der Waals surface area contributed by atoms with Gasteiger partial charge in [-0.2, -0.15) is 0 Å². The number of thioether (sulfide) groups is 1. The second kappa shape index (κ2) is 5.97. The Morgan fingerprint density at radius 2 is 2.37 bits per heavy atom. The highest BCUT2D eigenvalue weighted by atomic mass is 32.2. The van der Waals surface area contributed by atoms with E-state index in [0.717, 1.165) is 16.7 Å². The second-order valence-corrected chi connectivity index (χ2v) is 5.29. The lowest BCUT2D eigenvalue weighted by atomic mass is 10.2. The first-order chi connectivity index (χ1) is 9.06. The van der Waals surface area contributed by atoms with Crippen molar-refractivity contribution < 1.29 is 9.21 Å². The van der Waals surface area contributed by atoms with Crippen LogP contribution in [0.5, 0.6) is 0 Å². The number of carbonyl (C=O) groups is 1. The number of nitrogens with one attached hydrogen (secondary N) is 1. The van der Waals surface area contributed by atoms with Crippen LogP contribution in [0.25, 0.3) is 0 Å². The van der Waals surface area contributed by atoms with Crippen molar-refractivity contribution in [3.8, 4) is 0 Å². The molecule has 2 aromatic rings. The molecule has 0 aliphatic carbocycles. The van der Waals surface area contributed by atoms with Crippen LogP contribution in [-0.2, 0) is 11.8 Å². The number of imidazole rings is 1. The molecule has 0 spiro atoms. The Hall–Kier alpha value is -1.69. The lowest BCUT2D eigenvalue weighted by Crippen LogP contribution is -2.28. The van der Waals surface area contributed by atoms with E-state index < -0.39 is 0 Å². The van der Waals surface area contributed by atoms with Gasteiger partial charge in [-0.15, -0.1) is 0 Å². The van der Waals surface area contributed by atoms with Gasteiger partial charge in [0.1, 0.15) is 11.5 Å². The molecule has 0 aliphatic rings. The van der Waals surface area contributed by atoms with Crippen LogP contribution in [0.4, 0.5) is 0 Å². The molecule has 0 saturated heterocycles. The summed E-state index contributed by atoms with van der Waals surface area (Å²) in [6.07, 6.45) is 3.57. The van der Waals surface area contributed by atoms with Crippen LogP contribution in [-0.4, -0.2) is 21.2 Å². The Morgan fingerprint density at radius 3 is 2.95 bits per heavy atom.